The normalized spacial score (nSPS) is 22.5. The van der Waals surface area contributed by atoms with E-state index >= 15 is 0 Å². The van der Waals surface area contributed by atoms with Gasteiger partial charge in [0.2, 0.25) is 0 Å². The first-order valence-electron chi connectivity index (χ1n) is 9.94. The molecule has 0 bridgehead atoms. The summed E-state index contributed by atoms with van der Waals surface area (Å²) in [7, 11) is 0. The van der Waals surface area contributed by atoms with Gasteiger partial charge < -0.3 is 14.7 Å². The lowest BCUT2D eigenvalue weighted by Crippen LogP contribution is -3.14. The molecule has 1 aromatic heterocycles. The van der Waals surface area contributed by atoms with Crippen LogP contribution in [-0.4, -0.2) is 50.1 Å². The van der Waals surface area contributed by atoms with Crippen molar-refractivity contribution in [1.29, 1.82) is 0 Å². The molecule has 1 fully saturated rings. The molecule has 2 atom stereocenters. The number of hydrogen-bond donors (Lipinski definition) is 1. The van der Waals surface area contributed by atoms with Crippen molar-refractivity contribution in [2.45, 2.75) is 25.6 Å². The van der Waals surface area contributed by atoms with Gasteiger partial charge in [-0.15, -0.1) is 11.3 Å². The second-order valence-corrected chi connectivity index (χ2v) is 8.77. The van der Waals surface area contributed by atoms with E-state index in [1.54, 1.807) is 17.4 Å². The van der Waals surface area contributed by atoms with Gasteiger partial charge >= 0.3 is 6.18 Å². The van der Waals surface area contributed by atoms with Gasteiger partial charge in [0.1, 0.15) is 6.04 Å². The largest absolute Gasteiger partial charge is 0.416 e. The molecule has 1 unspecified atom stereocenters. The SMILES string of the molecule is C[C@@H]1c2ccsc2CC[NH+]1CC(=O)N1CCN(c2cccc(C(F)(F)F)c2)CC1. The Morgan fingerprint density at radius 2 is 1.97 bits per heavy atom. The maximum absolute atomic E-state index is 13.0. The number of carbonyl (C=O) groups excluding carboxylic acids is 1. The first-order chi connectivity index (χ1) is 13.8. The summed E-state index contributed by atoms with van der Waals surface area (Å²) < 4.78 is 38.9. The van der Waals surface area contributed by atoms with Crippen molar-refractivity contribution in [2.75, 3.05) is 44.2 Å². The highest BCUT2D eigenvalue weighted by Gasteiger charge is 2.33. The number of quaternary nitrogens is 1. The van der Waals surface area contributed by atoms with Crippen LogP contribution in [0.15, 0.2) is 35.7 Å². The van der Waals surface area contributed by atoms with Gasteiger partial charge in [-0.3, -0.25) is 4.79 Å². The van der Waals surface area contributed by atoms with Crippen LogP contribution < -0.4 is 9.80 Å². The molecule has 0 saturated carbocycles. The number of alkyl halides is 3. The van der Waals surface area contributed by atoms with Crippen molar-refractivity contribution in [2.24, 2.45) is 0 Å². The minimum Gasteiger partial charge on any atom is -0.368 e. The molecule has 0 spiro atoms. The number of thiophene rings is 1. The standard InChI is InChI=1S/C21H24F3N3OS/c1-15-18-6-12-29-19(18)5-7-27(15)14-20(28)26-10-8-25(9-11-26)17-4-2-3-16(13-17)21(22,23)24/h2-4,6,12-13,15H,5,7-11,14H2,1H3/p+1/t15-/m1/s1. The van der Waals surface area contributed by atoms with E-state index in [0.29, 0.717) is 44.5 Å². The average molecular weight is 425 g/mol. The fraction of sp³-hybridized carbons (Fsp3) is 0.476. The molecule has 156 valence electrons. The summed E-state index contributed by atoms with van der Waals surface area (Å²) in [6, 6.07) is 7.91. The van der Waals surface area contributed by atoms with E-state index in [-0.39, 0.29) is 5.91 Å². The zero-order chi connectivity index (χ0) is 20.6. The molecule has 2 aliphatic rings. The highest BCUT2D eigenvalue weighted by Crippen LogP contribution is 2.32. The fourth-order valence-electron chi connectivity index (χ4n) is 4.29. The third kappa shape index (κ3) is 4.28. The first kappa shape index (κ1) is 20.2. The Labute approximate surface area is 172 Å². The number of carbonyl (C=O) groups is 1. The van der Waals surface area contributed by atoms with Gasteiger partial charge in [-0.1, -0.05) is 6.07 Å². The number of halogens is 3. The monoisotopic (exact) mass is 424 g/mol. The second-order valence-electron chi connectivity index (χ2n) is 7.77. The topological polar surface area (TPSA) is 28.0 Å². The summed E-state index contributed by atoms with van der Waals surface area (Å²) in [5, 5.41) is 2.12. The lowest BCUT2D eigenvalue weighted by Gasteiger charge is -2.37. The number of rotatable bonds is 3. The van der Waals surface area contributed by atoms with Crippen LogP contribution in [0.2, 0.25) is 0 Å². The van der Waals surface area contributed by atoms with Crippen LogP contribution in [0.1, 0.15) is 29.0 Å². The minimum absolute atomic E-state index is 0.134. The Bertz CT molecular complexity index is 874. The lowest BCUT2D eigenvalue weighted by molar-refractivity contribution is -0.924. The number of fused-ring (bicyclic) bond motifs is 1. The Morgan fingerprint density at radius 3 is 2.69 bits per heavy atom. The molecule has 29 heavy (non-hydrogen) atoms. The number of nitrogens with zero attached hydrogens (tertiary/aromatic N) is 2. The lowest BCUT2D eigenvalue weighted by atomic mass is 10.0. The van der Waals surface area contributed by atoms with Crippen LogP contribution >= 0.6 is 11.3 Å². The molecule has 1 saturated heterocycles. The van der Waals surface area contributed by atoms with Crippen LogP contribution in [0.25, 0.3) is 0 Å². The third-order valence-corrected chi connectivity index (χ3v) is 7.08. The van der Waals surface area contributed by atoms with Crippen molar-refractivity contribution in [3.63, 3.8) is 0 Å². The number of hydrogen-bond acceptors (Lipinski definition) is 3. The maximum atomic E-state index is 13.0. The van der Waals surface area contributed by atoms with E-state index in [0.717, 1.165) is 19.0 Å². The molecule has 3 heterocycles. The summed E-state index contributed by atoms with van der Waals surface area (Å²) in [6.07, 6.45) is -3.33. The van der Waals surface area contributed by atoms with E-state index in [1.807, 2.05) is 9.80 Å². The zero-order valence-electron chi connectivity index (χ0n) is 16.3. The highest BCUT2D eigenvalue weighted by molar-refractivity contribution is 7.10. The Balaban J connectivity index is 1.34. The van der Waals surface area contributed by atoms with Crippen molar-refractivity contribution >= 4 is 22.9 Å². The molecule has 2 aliphatic heterocycles. The fourth-order valence-corrected chi connectivity index (χ4v) is 5.27. The van der Waals surface area contributed by atoms with Crippen LogP contribution in [0, 0.1) is 0 Å². The van der Waals surface area contributed by atoms with E-state index in [4.69, 9.17) is 0 Å². The predicted molar refractivity (Wildman–Crippen MR) is 107 cm³/mol. The van der Waals surface area contributed by atoms with Crippen molar-refractivity contribution in [3.05, 3.63) is 51.7 Å². The third-order valence-electron chi connectivity index (χ3n) is 6.08. The van der Waals surface area contributed by atoms with Crippen molar-refractivity contribution < 1.29 is 22.9 Å². The summed E-state index contributed by atoms with van der Waals surface area (Å²) >= 11 is 1.79. The van der Waals surface area contributed by atoms with Crippen LogP contribution in [0.5, 0.6) is 0 Å². The number of amides is 1. The number of nitrogens with one attached hydrogen (secondary N) is 1. The second kappa shape index (κ2) is 7.99. The molecule has 4 nitrogen and oxygen atoms in total. The van der Waals surface area contributed by atoms with E-state index in [2.05, 4.69) is 18.4 Å². The average Bonchev–Trinajstić information content (AvgIpc) is 3.19. The highest BCUT2D eigenvalue weighted by atomic mass is 32.1. The quantitative estimate of drug-likeness (QED) is 0.821. The van der Waals surface area contributed by atoms with Crippen molar-refractivity contribution in [3.8, 4) is 0 Å². The zero-order valence-corrected chi connectivity index (χ0v) is 17.2. The van der Waals surface area contributed by atoms with Gasteiger partial charge in [0.15, 0.2) is 6.54 Å². The van der Waals surface area contributed by atoms with Crippen LogP contribution in [0.3, 0.4) is 0 Å². The Kier molecular flexibility index (Phi) is 5.57. The van der Waals surface area contributed by atoms with E-state index < -0.39 is 11.7 Å². The first-order valence-corrected chi connectivity index (χ1v) is 10.8. The number of anilines is 1. The minimum atomic E-state index is -4.34. The Hall–Kier alpha value is -2.06. The van der Waals surface area contributed by atoms with Gasteiger partial charge in [-0.05, 0) is 36.6 Å². The maximum Gasteiger partial charge on any atom is 0.416 e. The van der Waals surface area contributed by atoms with Crippen LogP contribution in [0.4, 0.5) is 18.9 Å². The number of piperazine rings is 1. The molecule has 1 N–H and O–H groups in total. The molecule has 8 heteroatoms. The molecule has 1 amide bonds. The van der Waals surface area contributed by atoms with Gasteiger partial charge in [-0.25, -0.2) is 0 Å². The summed E-state index contributed by atoms with van der Waals surface area (Å²) in [4.78, 5) is 19.3. The summed E-state index contributed by atoms with van der Waals surface area (Å²) in [5.74, 6) is 0.134. The molecule has 0 aliphatic carbocycles. The summed E-state index contributed by atoms with van der Waals surface area (Å²) in [5.41, 5.74) is 1.29. The molecule has 2 aromatic rings. The number of benzene rings is 1. The molecular weight excluding hydrogens is 399 g/mol. The predicted octanol–water partition coefficient (Wildman–Crippen LogP) is 2.62. The van der Waals surface area contributed by atoms with Gasteiger partial charge in [-0.2, -0.15) is 13.2 Å². The smallest absolute Gasteiger partial charge is 0.368 e. The molecule has 0 radical (unpaired) electrons. The van der Waals surface area contributed by atoms with Gasteiger partial charge in [0, 0.05) is 48.7 Å². The Morgan fingerprint density at radius 1 is 1.21 bits per heavy atom. The van der Waals surface area contributed by atoms with Gasteiger partial charge in [0.25, 0.3) is 5.91 Å². The molecular formula is C21H25F3N3OS+. The van der Waals surface area contributed by atoms with E-state index in [9.17, 15) is 18.0 Å². The molecule has 4 rings (SSSR count). The van der Waals surface area contributed by atoms with Gasteiger partial charge in [0.05, 0.1) is 12.1 Å². The summed E-state index contributed by atoms with van der Waals surface area (Å²) in [6.45, 7) is 5.80. The molecule has 1 aromatic carbocycles. The van der Waals surface area contributed by atoms with E-state index in [1.165, 1.54) is 27.5 Å². The van der Waals surface area contributed by atoms with Crippen LogP contribution in [-0.2, 0) is 17.4 Å². The van der Waals surface area contributed by atoms with Crippen molar-refractivity contribution in [1.82, 2.24) is 4.90 Å².